The predicted molar refractivity (Wildman–Crippen MR) is 75.3 cm³/mol. The molecule has 0 heterocycles. The third kappa shape index (κ3) is 2.79. The summed E-state index contributed by atoms with van der Waals surface area (Å²) in [5.41, 5.74) is 0.494. The molecule has 4 heteroatoms. The van der Waals surface area contributed by atoms with Gasteiger partial charge < -0.3 is 14.7 Å². The molecule has 2 unspecified atom stereocenters. The molecular formula is C14H22ClNO2. The van der Waals surface area contributed by atoms with Gasteiger partial charge in [0.05, 0.1) is 18.2 Å². The lowest BCUT2D eigenvalue weighted by atomic mass is 9.86. The Kier molecular flexibility index (Phi) is 5.02. The van der Waals surface area contributed by atoms with Gasteiger partial charge in [0.25, 0.3) is 0 Å². The molecule has 0 aliphatic rings. The number of benzene rings is 1. The fourth-order valence-corrected chi connectivity index (χ4v) is 2.15. The van der Waals surface area contributed by atoms with Gasteiger partial charge in [-0.1, -0.05) is 24.6 Å². The van der Waals surface area contributed by atoms with E-state index in [0.717, 1.165) is 12.0 Å². The topological polar surface area (TPSA) is 32.7 Å². The zero-order valence-electron chi connectivity index (χ0n) is 11.7. The average Bonchev–Trinajstić information content (AvgIpc) is 2.37. The maximum absolute atomic E-state index is 10.6. The highest BCUT2D eigenvalue weighted by atomic mass is 35.5. The number of hydrogen-bond acceptors (Lipinski definition) is 3. The summed E-state index contributed by atoms with van der Waals surface area (Å²) >= 11 is 5.99. The van der Waals surface area contributed by atoms with E-state index in [1.807, 2.05) is 32.0 Å². The molecule has 0 saturated heterocycles. The van der Waals surface area contributed by atoms with E-state index in [-0.39, 0.29) is 5.54 Å². The lowest BCUT2D eigenvalue weighted by Crippen LogP contribution is -2.46. The van der Waals surface area contributed by atoms with E-state index in [0.29, 0.717) is 10.8 Å². The molecule has 0 radical (unpaired) electrons. The summed E-state index contributed by atoms with van der Waals surface area (Å²) in [5.74, 6) is 0.588. The van der Waals surface area contributed by atoms with Gasteiger partial charge in [-0.15, -0.1) is 0 Å². The Hall–Kier alpha value is -0.770. The second-order valence-corrected chi connectivity index (χ2v) is 5.31. The van der Waals surface area contributed by atoms with Gasteiger partial charge >= 0.3 is 0 Å². The summed E-state index contributed by atoms with van der Waals surface area (Å²) in [6.45, 7) is 4.11. The molecule has 0 fully saturated rings. The minimum absolute atomic E-state index is 0.321. The molecule has 1 N–H and O–H groups in total. The quantitative estimate of drug-likeness (QED) is 0.893. The first-order chi connectivity index (χ1) is 8.36. The Bertz CT molecular complexity index is 409. The standard InChI is InChI=1S/C14H22ClNO2/c1-6-14(2,16(3)4)13(17)10-7-8-11(15)12(9-10)18-5/h7-9,13,17H,6H2,1-5H3. The summed E-state index contributed by atoms with van der Waals surface area (Å²) in [7, 11) is 5.52. The monoisotopic (exact) mass is 271 g/mol. The molecule has 0 bridgehead atoms. The van der Waals surface area contributed by atoms with E-state index in [2.05, 4.69) is 6.92 Å². The Labute approximate surface area is 114 Å². The van der Waals surface area contributed by atoms with Crippen LogP contribution in [0.1, 0.15) is 31.9 Å². The summed E-state index contributed by atoms with van der Waals surface area (Å²) in [6.07, 6.45) is 0.246. The van der Waals surface area contributed by atoms with Crippen LogP contribution in [-0.2, 0) is 0 Å². The van der Waals surface area contributed by atoms with Crippen LogP contribution in [0.2, 0.25) is 5.02 Å². The highest BCUT2D eigenvalue weighted by molar-refractivity contribution is 6.32. The van der Waals surface area contributed by atoms with Gasteiger partial charge in [-0.05, 0) is 45.1 Å². The Balaban J connectivity index is 3.13. The second kappa shape index (κ2) is 5.91. The average molecular weight is 272 g/mol. The summed E-state index contributed by atoms with van der Waals surface area (Å²) in [4.78, 5) is 2.04. The van der Waals surface area contributed by atoms with Crippen molar-refractivity contribution in [3.05, 3.63) is 28.8 Å². The van der Waals surface area contributed by atoms with Gasteiger partial charge in [0, 0.05) is 5.54 Å². The van der Waals surface area contributed by atoms with Crippen molar-refractivity contribution >= 4 is 11.6 Å². The smallest absolute Gasteiger partial charge is 0.137 e. The van der Waals surface area contributed by atoms with E-state index in [1.165, 1.54) is 0 Å². The molecule has 1 aromatic rings. The number of aliphatic hydroxyl groups excluding tert-OH is 1. The SMILES string of the molecule is CCC(C)(C(O)c1ccc(Cl)c(OC)c1)N(C)C. The van der Waals surface area contributed by atoms with Crippen LogP contribution in [0, 0.1) is 0 Å². The number of nitrogens with zero attached hydrogens (tertiary/aromatic N) is 1. The Morgan fingerprint density at radius 2 is 2.06 bits per heavy atom. The third-order valence-electron chi connectivity index (χ3n) is 3.82. The van der Waals surface area contributed by atoms with E-state index < -0.39 is 6.10 Å². The van der Waals surface area contributed by atoms with E-state index in [4.69, 9.17) is 16.3 Å². The molecule has 2 atom stereocenters. The highest BCUT2D eigenvalue weighted by Crippen LogP contribution is 2.35. The van der Waals surface area contributed by atoms with Crippen molar-refractivity contribution in [3.63, 3.8) is 0 Å². The first-order valence-electron chi connectivity index (χ1n) is 6.05. The zero-order valence-corrected chi connectivity index (χ0v) is 12.5. The van der Waals surface area contributed by atoms with Gasteiger partial charge in [-0.3, -0.25) is 0 Å². The van der Waals surface area contributed by atoms with Gasteiger partial charge in [-0.25, -0.2) is 0 Å². The van der Waals surface area contributed by atoms with Gasteiger partial charge in [0.2, 0.25) is 0 Å². The normalized spacial score (nSPS) is 16.4. The number of hydrogen-bond donors (Lipinski definition) is 1. The van der Waals surface area contributed by atoms with Crippen molar-refractivity contribution in [1.82, 2.24) is 4.90 Å². The summed E-state index contributed by atoms with van der Waals surface area (Å²) in [5, 5.41) is 11.1. The minimum Gasteiger partial charge on any atom is -0.495 e. The third-order valence-corrected chi connectivity index (χ3v) is 4.13. The van der Waals surface area contributed by atoms with Crippen LogP contribution in [0.5, 0.6) is 5.75 Å². The van der Waals surface area contributed by atoms with Crippen LogP contribution in [0.25, 0.3) is 0 Å². The molecule has 0 aromatic heterocycles. The minimum atomic E-state index is -0.594. The van der Waals surface area contributed by atoms with Gasteiger partial charge in [0.1, 0.15) is 5.75 Å². The van der Waals surface area contributed by atoms with Gasteiger partial charge in [-0.2, -0.15) is 0 Å². The molecule has 0 saturated carbocycles. The number of rotatable bonds is 5. The number of likely N-dealkylation sites (N-methyl/N-ethyl adjacent to an activating group) is 1. The predicted octanol–water partition coefficient (Wildman–Crippen LogP) is 3.11. The molecular weight excluding hydrogens is 250 g/mol. The van der Waals surface area contributed by atoms with Crippen LogP contribution < -0.4 is 4.74 Å². The van der Waals surface area contributed by atoms with E-state index >= 15 is 0 Å². The van der Waals surface area contributed by atoms with E-state index in [9.17, 15) is 5.11 Å². The maximum atomic E-state index is 10.6. The van der Waals surface area contributed by atoms with Crippen molar-refractivity contribution in [3.8, 4) is 5.75 Å². The molecule has 0 aliphatic carbocycles. The first kappa shape index (κ1) is 15.3. The Morgan fingerprint density at radius 3 is 2.50 bits per heavy atom. The van der Waals surface area contributed by atoms with Crippen molar-refractivity contribution in [2.24, 2.45) is 0 Å². The molecule has 3 nitrogen and oxygen atoms in total. The Morgan fingerprint density at radius 1 is 1.44 bits per heavy atom. The van der Waals surface area contributed by atoms with Crippen molar-refractivity contribution < 1.29 is 9.84 Å². The lowest BCUT2D eigenvalue weighted by Gasteiger charge is -2.40. The largest absolute Gasteiger partial charge is 0.495 e. The van der Waals surface area contributed by atoms with Crippen LogP contribution in [0.15, 0.2) is 18.2 Å². The van der Waals surface area contributed by atoms with Crippen LogP contribution in [-0.4, -0.2) is 36.8 Å². The molecule has 102 valence electrons. The van der Waals surface area contributed by atoms with Crippen LogP contribution in [0.3, 0.4) is 0 Å². The fourth-order valence-electron chi connectivity index (χ4n) is 1.96. The molecule has 0 aliphatic heterocycles. The number of methoxy groups -OCH3 is 1. The lowest BCUT2D eigenvalue weighted by molar-refractivity contribution is 0.000769. The summed E-state index contributed by atoms with van der Waals surface area (Å²) < 4.78 is 5.19. The maximum Gasteiger partial charge on any atom is 0.137 e. The molecule has 0 spiro atoms. The van der Waals surface area contributed by atoms with Gasteiger partial charge in [0.15, 0.2) is 0 Å². The molecule has 1 aromatic carbocycles. The molecule has 18 heavy (non-hydrogen) atoms. The van der Waals surface area contributed by atoms with E-state index in [1.54, 1.807) is 19.2 Å². The summed E-state index contributed by atoms with van der Waals surface area (Å²) in [6, 6.07) is 5.39. The second-order valence-electron chi connectivity index (χ2n) is 4.90. The fraction of sp³-hybridized carbons (Fsp3) is 0.571. The van der Waals surface area contributed by atoms with Crippen LogP contribution >= 0.6 is 11.6 Å². The zero-order chi connectivity index (χ0) is 13.9. The number of ether oxygens (including phenoxy) is 1. The van der Waals surface area contributed by atoms with Crippen molar-refractivity contribution in [1.29, 1.82) is 0 Å². The first-order valence-corrected chi connectivity index (χ1v) is 6.43. The molecule has 0 amide bonds. The van der Waals surface area contributed by atoms with Crippen molar-refractivity contribution in [2.75, 3.05) is 21.2 Å². The number of aliphatic hydroxyl groups is 1. The van der Waals surface area contributed by atoms with Crippen LogP contribution in [0.4, 0.5) is 0 Å². The highest BCUT2D eigenvalue weighted by Gasteiger charge is 2.34. The van der Waals surface area contributed by atoms with Crippen molar-refractivity contribution in [2.45, 2.75) is 31.9 Å². The number of halogens is 1. The molecule has 1 rings (SSSR count).